The van der Waals surface area contributed by atoms with Crippen molar-refractivity contribution < 1.29 is 4.74 Å². The van der Waals surface area contributed by atoms with E-state index in [4.69, 9.17) is 4.74 Å². The lowest BCUT2D eigenvalue weighted by Crippen LogP contribution is -2.20. The van der Waals surface area contributed by atoms with E-state index in [0.29, 0.717) is 0 Å². The molecule has 0 aliphatic carbocycles. The van der Waals surface area contributed by atoms with E-state index in [1.54, 1.807) is 0 Å². The van der Waals surface area contributed by atoms with Gasteiger partial charge in [-0.2, -0.15) is 0 Å². The van der Waals surface area contributed by atoms with E-state index in [9.17, 15) is 0 Å². The van der Waals surface area contributed by atoms with Crippen LogP contribution < -0.4 is 0 Å². The number of fused-ring (bicyclic) bond motifs is 1. The lowest BCUT2D eigenvalue weighted by Gasteiger charge is -2.21. The molecule has 0 spiro atoms. The fraction of sp³-hybridized carbons (Fsp3) is 0.600. The zero-order valence-electron chi connectivity index (χ0n) is 11.2. The molecule has 1 aromatic rings. The molecule has 0 bridgehead atoms. The van der Waals surface area contributed by atoms with E-state index in [0.717, 1.165) is 13.2 Å². The third-order valence-corrected chi connectivity index (χ3v) is 3.51. The van der Waals surface area contributed by atoms with Gasteiger partial charge >= 0.3 is 0 Å². The van der Waals surface area contributed by atoms with Gasteiger partial charge in [-0.25, -0.2) is 0 Å². The Labute approximate surface area is 105 Å². The van der Waals surface area contributed by atoms with Gasteiger partial charge in [-0.3, -0.25) is 4.90 Å². The minimum Gasteiger partial charge on any atom is -0.359 e. The second-order valence-electron chi connectivity index (χ2n) is 4.99. The van der Waals surface area contributed by atoms with Crippen molar-refractivity contribution >= 4 is 0 Å². The number of rotatable bonds is 5. The summed E-state index contributed by atoms with van der Waals surface area (Å²) in [6.45, 7) is 6.29. The molecule has 0 saturated carbocycles. The van der Waals surface area contributed by atoms with E-state index in [2.05, 4.69) is 44.0 Å². The first-order chi connectivity index (χ1) is 8.24. The molecule has 0 fully saturated rings. The van der Waals surface area contributed by atoms with Gasteiger partial charge in [0.2, 0.25) is 0 Å². The summed E-state index contributed by atoms with van der Waals surface area (Å²) >= 11 is 0. The Kier molecular flexibility index (Phi) is 4.19. The number of hydrogen-bond donors (Lipinski definition) is 0. The molecule has 0 saturated heterocycles. The zero-order chi connectivity index (χ0) is 12.3. The largest absolute Gasteiger partial charge is 0.359 e. The predicted octanol–water partition coefficient (Wildman–Crippen LogP) is 3.65. The van der Waals surface area contributed by atoms with Crippen molar-refractivity contribution in [2.45, 2.75) is 45.9 Å². The highest BCUT2D eigenvalue weighted by Gasteiger charge is 2.29. The smallest absolute Gasteiger partial charge is 0.137 e. The zero-order valence-corrected chi connectivity index (χ0v) is 11.2. The quantitative estimate of drug-likeness (QED) is 0.720. The third-order valence-electron chi connectivity index (χ3n) is 3.51. The Morgan fingerprint density at radius 1 is 1.35 bits per heavy atom. The second kappa shape index (κ2) is 5.65. The second-order valence-corrected chi connectivity index (χ2v) is 4.99. The number of benzene rings is 1. The van der Waals surface area contributed by atoms with Gasteiger partial charge in [-0.05, 0) is 31.5 Å². The van der Waals surface area contributed by atoms with Crippen LogP contribution in [-0.4, -0.2) is 18.6 Å². The summed E-state index contributed by atoms with van der Waals surface area (Å²) in [5.41, 5.74) is 4.17. The third kappa shape index (κ3) is 2.70. The first-order valence-electron chi connectivity index (χ1n) is 6.64. The lowest BCUT2D eigenvalue weighted by atomic mass is 10.0. The van der Waals surface area contributed by atoms with Crippen molar-refractivity contribution in [3.05, 3.63) is 34.9 Å². The molecule has 2 heteroatoms. The van der Waals surface area contributed by atoms with Crippen molar-refractivity contribution in [2.75, 3.05) is 13.7 Å². The number of hydrogen-bond acceptors (Lipinski definition) is 2. The average molecular weight is 233 g/mol. The normalized spacial score (nSPS) is 19.6. The van der Waals surface area contributed by atoms with Crippen LogP contribution in [-0.2, 0) is 11.3 Å². The van der Waals surface area contributed by atoms with Crippen LogP contribution in [0.4, 0.5) is 0 Å². The predicted molar refractivity (Wildman–Crippen MR) is 70.9 cm³/mol. The van der Waals surface area contributed by atoms with Gasteiger partial charge in [-0.15, -0.1) is 0 Å². The van der Waals surface area contributed by atoms with Crippen LogP contribution in [0.15, 0.2) is 18.2 Å². The van der Waals surface area contributed by atoms with Gasteiger partial charge in [0.05, 0.1) is 0 Å². The molecule has 1 unspecified atom stereocenters. The Bertz CT molecular complexity index is 375. The van der Waals surface area contributed by atoms with Gasteiger partial charge in [0.15, 0.2) is 0 Å². The van der Waals surface area contributed by atoms with Gasteiger partial charge in [-0.1, -0.05) is 38.0 Å². The van der Waals surface area contributed by atoms with Crippen LogP contribution in [0.1, 0.15) is 49.1 Å². The Morgan fingerprint density at radius 2 is 2.18 bits per heavy atom. The molecule has 2 rings (SSSR count). The lowest BCUT2D eigenvalue weighted by molar-refractivity contribution is -0.0428. The van der Waals surface area contributed by atoms with Crippen molar-refractivity contribution in [3.63, 3.8) is 0 Å². The Hall–Kier alpha value is -0.860. The van der Waals surface area contributed by atoms with E-state index in [1.165, 1.54) is 36.0 Å². The van der Waals surface area contributed by atoms with Gasteiger partial charge in [0.25, 0.3) is 0 Å². The molecule has 1 aromatic carbocycles. The molecule has 0 N–H and O–H groups in total. The van der Waals surface area contributed by atoms with E-state index >= 15 is 0 Å². The monoisotopic (exact) mass is 233 g/mol. The molecule has 1 aliphatic rings. The molecule has 0 radical (unpaired) electrons. The SMILES string of the molecule is CCCCCOC1c2c(C)cccc2CN1C. The maximum Gasteiger partial charge on any atom is 0.137 e. The fourth-order valence-corrected chi connectivity index (χ4v) is 2.56. The molecule has 1 atom stereocenters. The summed E-state index contributed by atoms with van der Waals surface area (Å²) < 4.78 is 6.05. The van der Waals surface area contributed by atoms with Crippen LogP contribution >= 0.6 is 0 Å². The average Bonchev–Trinajstić information content (AvgIpc) is 2.62. The molecule has 94 valence electrons. The van der Waals surface area contributed by atoms with Gasteiger partial charge in [0.1, 0.15) is 6.23 Å². The van der Waals surface area contributed by atoms with Crippen molar-refractivity contribution in [1.82, 2.24) is 4.90 Å². The standard InChI is InChI=1S/C15H23NO/c1-4-5-6-10-17-15-14-12(2)8-7-9-13(14)11-16(15)3/h7-9,15H,4-6,10-11H2,1-3H3. The highest BCUT2D eigenvalue weighted by Crippen LogP contribution is 2.35. The summed E-state index contributed by atoms with van der Waals surface area (Å²) in [5, 5.41) is 0. The number of ether oxygens (including phenoxy) is 1. The summed E-state index contributed by atoms with van der Waals surface area (Å²) in [4.78, 5) is 2.30. The summed E-state index contributed by atoms with van der Waals surface area (Å²) in [6, 6.07) is 6.54. The van der Waals surface area contributed by atoms with E-state index < -0.39 is 0 Å². The van der Waals surface area contributed by atoms with Crippen LogP contribution in [0, 0.1) is 6.92 Å². The number of unbranched alkanes of at least 4 members (excludes halogenated alkanes) is 2. The minimum absolute atomic E-state index is 0.169. The summed E-state index contributed by atoms with van der Waals surface area (Å²) in [7, 11) is 2.14. The molecular weight excluding hydrogens is 210 g/mol. The first-order valence-corrected chi connectivity index (χ1v) is 6.64. The molecule has 17 heavy (non-hydrogen) atoms. The van der Waals surface area contributed by atoms with Gasteiger partial charge in [0, 0.05) is 18.7 Å². The molecule has 1 heterocycles. The fourth-order valence-electron chi connectivity index (χ4n) is 2.56. The van der Waals surface area contributed by atoms with Crippen LogP contribution in [0.25, 0.3) is 0 Å². The molecular formula is C15H23NO. The summed E-state index contributed by atoms with van der Waals surface area (Å²) in [5.74, 6) is 0. The van der Waals surface area contributed by atoms with Crippen LogP contribution in [0.2, 0.25) is 0 Å². The molecule has 0 amide bonds. The number of nitrogens with zero attached hydrogens (tertiary/aromatic N) is 1. The maximum absolute atomic E-state index is 6.05. The highest BCUT2D eigenvalue weighted by molar-refractivity contribution is 5.38. The topological polar surface area (TPSA) is 12.5 Å². The molecule has 0 aromatic heterocycles. The Morgan fingerprint density at radius 3 is 2.94 bits per heavy atom. The van der Waals surface area contributed by atoms with Gasteiger partial charge < -0.3 is 4.74 Å². The highest BCUT2D eigenvalue weighted by atomic mass is 16.5. The minimum atomic E-state index is 0.169. The Balaban J connectivity index is 2.04. The molecule has 1 aliphatic heterocycles. The summed E-state index contributed by atoms with van der Waals surface area (Å²) in [6.07, 6.45) is 3.85. The molecule has 2 nitrogen and oxygen atoms in total. The van der Waals surface area contributed by atoms with Crippen molar-refractivity contribution in [3.8, 4) is 0 Å². The van der Waals surface area contributed by atoms with E-state index in [1.807, 2.05) is 0 Å². The first kappa shape index (κ1) is 12.6. The van der Waals surface area contributed by atoms with Crippen molar-refractivity contribution in [1.29, 1.82) is 0 Å². The maximum atomic E-state index is 6.05. The van der Waals surface area contributed by atoms with Crippen LogP contribution in [0.5, 0.6) is 0 Å². The van der Waals surface area contributed by atoms with Crippen molar-refractivity contribution in [2.24, 2.45) is 0 Å². The van der Waals surface area contributed by atoms with Crippen LogP contribution in [0.3, 0.4) is 0 Å². The number of aryl methyl sites for hydroxylation is 1. The van der Waals surface area contributed by atoms with E-state index in [-0.39, 0.29) is 6.23 Å².